The molecule has 0 atom stereocenters. The lowest BCUT2D eigenvalue weighted by molar-refractivity contribution is -0.388. The topological polar surface area (TPSA) is 87.9 Å². The highest BCUT2D eigenvalue weighted by Gasteiger charge is 2.38. The molecule has 1 aliphatic carbocycles. The molecule has 0 unspecified atom stereocenters. The van der Waals surface area contributed by atoms with Gasteiger partial charge in [-0.05, 0) is 61.1 Å². The molecule has 222 valence electrons. The van der Waals surface area contributed by atoms with Gasteiger partial charge in [0.2, 0.25) is 5.91 Å². The zero-order chi connectivity index (χ0) is 29.7. The molecular weight excluding hydrogens is 549 g/mol. The zero-order valence-electron chi connectivity index (χ0n) is 23.1. The first-order valence-electron chi connectivity index (χ1n) is 14.1. The van der Waals surface area contributed by atoms with Crippen LogP contribution in [0.4, 0.5) is 30.2 Å². The number of benzene rings is 3. The molecular formula is C31H33F3N4O4. The summed E-state index contributed by atoms with van der Waals surface area (Å²) < 4.78 is 45.8. The average molecular weight is 583 g/mol. The van der Waals surface area contributed by atoms with Gasteiger partial charge in [-0.3, -0.25) is 14.9 Å². The molecule has 1 saturated carbocycles. The Morgan fingerprint density at radius 3 is 2.17 bits per heavy atom. The molecule has 1 aliphatic heterocycles. The Morgan fingerprint density at radius 2 is 1.55 bits per heavy atom. The van der Waals surface area contributed by atoms with Gasteiger partial charge >= 0.3 is 6.18 Å². The van der Waals surface area contributed by atoms with Gasteiger partial charge in [0.25, 0.3) is 5.69 Å². The van der Waals surface area contributed by atoms with Gasteiger partial charge in [-0.1, -0.05) is 42.5 Å². The van der Waals surface area contributed by atoms with Crippen LogP contribution in [0.3, 0.4) is 0 Å². The van der Waals surface area contributed by atoms with Crippen LogP contribution in [0.5, 0.6) is 0 Å². The smallest absolute Gasteiger partial charge is 0.382 e. The van der Waals surface area contributed by atoms with Crippen LogP contribution < -0.4 is 10.2 Å². The third-order valence-electron chi connectivity index (χ3n) is 7.96. The van der Waals surface area contributed by atoms with Crippen molar-refractivity contribution >= 4 is 23.0 Å². The van der Waals surface area contributed by atoms with Gasteiger partial charge < -0.3 is 19.9 Å². The van der Waals surface area contributed by atoms with Gasteiger partial charge in [0.05, 0.1) is 11.0 Å². The van der Waals surface area contributed by atoms with Crippen molar-refractivity contribution in [2.45, 2.75) is 44.0 Å². The van der Waals surface area contributed by atoms with E-state index in [2.05, 4.69) is 46.6 Å². The maximum absolute atomic E-state index is 13.3. The van der Waals surface area contributed by atoms with Crippen LogP contribution in [0.15, 0.2) is 72.8 Å². The van der Waals surface area contributed by atoms with Crippen LogP contribution >= 0.6 is 0 Å². The summed E-state index contributed by atoms with van der Waals surface area (Å²) in [6.45, 7) is 2.73. The quantitative estimate of drug-likeness (QED) is 0.245. The van der Waals surface area contributed by atoms with Crippen molar-refractivity contribution in [1.29, 1.82) is 0 Å². The number of carbonyl (C=O) groups excluding carboxylic acids is 1. The molecule has 11 heteroatoms. The Hall–Kier alpha value is -4.12. The largest absolute Gasteiger partial charge is 0.423 e. The number of nitrogens with zero attached hydrogens (tertiary/aromatic N) is 3. The van der Waals surface area contributed by atoms with E-state index in [9.17, 15) is 28.1 Å². The maximum Gasteiger partial charge on any atom is 0.423 e. The van der Waals surface area contributed by atoms with E-state index in [4.69, 9.17) is 4.74 Å². The fourth-order valence-corrected chi connectivity index (χ4v) is 5.61. The number of nitrogens with one attached hydrogen (secondary N) is 1. The number of anilines is 2. The minimum absolute atomic E-state index is 0.00578. The van der Waals surface area contributed by atoms with Crippen molar-refractivity contribution in [2.24, 2.45) is 0 Å². The van der Waals surface area contributed by atoms with Gasteiger partial charge in [0.1, 0.15) is 12.2 Å². The molecule has 2 aliphatic rings. The third kappa shape index (κ3) is 7.20. The molecule has 0 bridgehead atoms. The number of halogens is 3. The number of nitro groups is 1. The minimum atomic E-state index is -4.82. The molecule has 1 amide bonds. The maximum atomic E-state index is 13.3. The van der Waals surface area contributed by atoms with Gasteiger partial charge in [0, 0.05) is 49.7 Å². The number of ether oxygens (including phenoxy) is 1. The SMILES string of the molecule is O=C(COC1CCC(Nc2ccc([N+](=O)[O-])c(C(F)(F)F)c2)CC1)N1CCN(c2ccc(-c3ccccc3)cc2)CC1. The molecule has 3 aromatic carbocycles. The second-order valence-corrected chi connectivity index (χ2v) is 10.7. The van der Waals surface area contributed by atoms with E-state index >= 15 is 0 Å². The van der Waals surface area contributed by atoms with Crippen LogP contribution in [-0.2, 0) is 15.7 Å². The average Bonchev–Trinajstić information content (AvgIpc) is 3.00. The number of amides is 1. The highest BCUT2D eigenvalue weighted by atomic mass is 19.4. The highest BCUT2D eigenvalue weighted by molar-refractivity contribution is 5.78. The predicted octanol–water partition coefficient (Wildman–Crippen LogP) is 6.37. The molecule has 1 N–H and O–H groups in total. The number of nitro benzene ring substituents is 1. The summed E-state index contributed by atoms with van der Waals surface area (Å²) in [7, 11) is 0. The fourth-order valence-electron chi connectivity index (χ4n) is 5.61. The first-order chi connectivity index (χ1) is 20.2. The summed E-state index contributed by atoms with van der Waals surface area (Å²) in [5, 5.41) is 14.1. The van der Waals surface area contributed by atoms with Crippen molar-refractivity contribution < 1.29 is 27.6 Å². The minimum Gasteiger partial charge on any atom is -0.382 e. The lowest BCUT2D eigenvalue weighted by Gasteiger charge is -2.36. The lowest BCUT2D eigenvalue weighted by Crippen LogP contribution is -2.50. The number of piperazine rings is 1. The number of alkyl halides is 3. The lowest BCUT2D eigenvalue weighted by atomic mass is 9.92. The van der Waals surface area contributed by atoms with Crippen molar-refractivity contribution in [3.63, 3.8) is 0 Å². The summed E-state index contributed by atoms with van der Waals surface area (Å²) in [5.74, 6) is -0.0418. The van der Waals surface area contributed by atoms with Crippen molar-refractivity contribution in [2.75, 3.05) is 43.0 Å². The van der Waals surface area contributed by atoms with Crippen molar-refractivity contribution in [3.05, 3.63) is 88.5 Å². The van der Waals surface area contributed by atoms with Crippen LogP contribution in [-0.4, -0.2) is 60.7 Å². The summed E-state index contributed by atoms with van der Waals surface area (Å²) in [6.07, 6.45) is -2.29. The van der Waals surface area contributed by atoms with E-state index < -0.39 is 22.4 Å². The third-order valence-corrected chi connectivity index (χ3v) is 7.96. The van der Waals surface area contributed by atoms with Crippen LogP contribution in [0, 0.1) is 10.1 Å². The predicted molar refractivity (Wildman–Crippen MR) is 154 cm³/mol. The first-order valence-corrected chi connectivity index (χ1v) is 14.1. The first kappa shape index (κ1) is 29.4. The van der Waals surface area contributed by atoms with E-state index in [-0.39, 0.29) is 30.3 Å². The van der Waals surface area contributed by atoms with E-state index in [1.807, 2.05) is 23.1 Å². The normalized spacial score (nSPS) is 19.4. The van der Waals surface area contributed by atoms with E-state index in [1.54, 1.807) is 0 Å². The molecule has 8 nitrogen and oxygen atoms in total. The van der Waals surface area contributed by atoms with Crippen molar-refractivity contribution in [3.8, 4) is 11.1 Å². The van der Waals surface area contributed by atoms with Gasteiger partial charge in [0.15, 0.2) is 0 Å². The number of carbonyl (C=O) groups is 1. The van der Waals surface area contributed by atoms with E-state index in [0.29, 0.717) is 38.8 Å². The van der Waals surface area contributed by atoms with Gasteiger partial charge in [-0.25, -0.2) is 0 Å². The molecule has 42 heavy (non-hydrogen) atoms. The molecule has 0 spiro atoms. The Kier molecular flexibility index (Phi) is 8.96. The van der Waals surface area contributed by atoms with Gasteiger partial charge in [-0.2, -0.15) is 13.2 Å². The molecule has 0 radical (unpaired) electrons. The zero-order valence-corrected chi connectivity index (χ0v) is 23.1. The molecule has 0 aromatic heterocycles. The Bertz CT molecular complexity index is 1370. The Labute approximate surface area is 242 Å². The van der Waals surface area contributed by atoms with Crippen LogP contribution in [0.25, 0.3) is 11.1 Å². The van der Waals surface area contributed by atoms with E-state index in [1.165, 1.54) is 11.6 Å². The molecule has 2 fully saturated rings. The second-order valence-electron chi connectivity index (χ2n) is 10.7. The number of hydrogen-bond acceptors (Lipinski definition) is 6. The summed E-state index contributed by atoms with van der Waals surface area (Å²) in [5.41, 5.74) is 1.43. The summed E-state index contributed by atoms with van der Waals surface area (Å²) in [6, 6.07) is 21.6. The highest BCUT2D eigenvalue weighted by Crippen LogP contribution is 2.38. The summed E-state index contributed by atoms with van der Waals surface area (Å²) >= 11 is 0. The Morgan fingerprint density at radius 1 is 0.905 bits per heavy atom. The number of hydrogen-bond donors (Lipinski definition) is 1. The fraction of sp³-hybridized carbons (Fsp3) is 0.387. The second kappa shape index (κ2) is 12.8. The van der Waals surface area contributed by atoms with E-state index in [0.717, 1.165) is 36.5 Å². The molecule has 1 saturated heterocycles. The molecule has 3 aromatic rings. The Balaban J connectivity index is 1.04. The van der Waals surface area contributed by atoms with Gasteiger partial charge in [-0.15, -0.1) is 0 Å². The summed E-state index contributed by atoms with van der Waals surface area (Å²) in [4.78, 5) is 26.9. The molecule has 5 rings (SSSR count). The number of rotatable bonds is 8. The monoisotopic (exact) mass is 582 g/mol. The van der Waals surface area contributed by atoms with Crippen molar-refractivity contribution in [1.82, 2.24) is 4.90 Å². The molecule has 1 heterocycles. The standard InChI is InChI=1S/C31H33F3N4O4/c32-31(33,34)28-20-25(10-15-29(28)38(40)41)35-24-8-13-27(14-9-24)42-21-30(39)37-18-16-36(17-19-37)26-11-6-23(7-12-26)22-4-2-1-3-5-22/h1-7,10-12,15,20,24,27,35H,8-9,13-14,16-19,21H2. The van der Waals surface area contributed by atoms with Crippen LogP contribution in [0.1, 0.15) is 31.2 Å². The van der Waals surface area contributed by atoms with Crippen LogP contribution in [0.2, 0.25) is 0 Å².